The second kappa shape index (κ2) is 9.61. The highest BCUT2D eigenvalue weighted by Crippen LogP contribution is 2.18. The Bertz CT molecular complexity index is 307. The molecule has 0 saturated carbocycles. The Morgan fingerprint density at radius 3 is 2.55 bits per heavy atom. The van der Waals surface area contributed by atoms with Crippen molar-refractivity contribution in [3.05, 3.63) is 0 Å². The fourth-order valence-corrected chi connectivity index (χ4v) is 2.59. The van der Waals surface area contributed by atoms with Crippen molar-refractivity contribution >= 4 is 12.0 Å². The average Bonchev–Trinajstić information content (AvgIpc) is 2.46. The maximum absolute atomic E-state index is 12.0. The van der Waals surface area contributed by atoms with E-state index in [4.69, 9.17) is 10.5 Å². The number of nitrogens with zero attached hydrogens (tertiary/aromatic N) is 1. The molecule has 0 aromatic carbocycles. The molecular weight excluding hydrogens is 256 g/mol. The maximum Gasteiger partial charge on any atom is 0.328 e. The van der Waals surface area contributed by atoms with Crippen LogP contribution >= 0.6 is 0 Å². The molecule has 0 radical (unpaired) electrons. The molecule has 1 saturated heterocycles. The minimum absolute atomic E-state index is 0.294. The van der Waals surface area contributed by atoms with Crippen LogP contribution in [0.3, 0.4) is 0 Å². The van der Waals surface area contributed by atoms with E-state index in [0.717, 1.165) is 25.7 Å². The number of hydrogen-bond donors (Lipinski definition) is 1. The molecule has 5 heteroatoms. The van der Waals surface area contributed by atoms with Crippen molar-refractivity contribution in [3.63, 3.8) is 0 Å². The molecule has 0 bridgehead atoms. The van der Waals surface area contributed by atoms with Crippen LogP contribution in [0.15, 0.2) is 0 Å². The largest absolute Gasteiger partial charge is 0.464 e. The van der Waals surface area contributed by atoms with Crippen LogP contribution in [-0.2, 0) is 9.53 Å². The average molecular weight is 284 g/mol. The lowest BCUT2D eigenvalue weighted by molar-refractivity contribution is -0.150. The Morgan fingerprint density at radius 1 is 1.15 bits per heavy atom. The number of amides is 2. The van der Waals surface area contributed by atoms with Crippen molar-refractivity contribution in [2.45, 2.75) is 70.8 Å². The Balaban J connectivity index is 2.19. The highest BCUT2D eigenvalue weighted by Gasteiger charge is 2.31. The monoisotopic (exact) mass is 284 g/mol. The molecule has 1 aliphatic heterocycles. The smallest absolute Gasteiger partial charge is 0.328 e. The number of hydrogen-bond acceptors (Lipinski definition) is 3. The van der Waals surface area contributed by atoms with Gasteiger partial charge in [-0.25, -0.2) is 9.59 Å². The molecule has 1 fully saturated rings. The summed E-state index contributed by atoms with van der Waals surface area (Å²) in [5.41, 5.74) is 5.30. The molecule has 1 aliphatic rings. The number of carbonyl (C=O) groups excluding carboxylic acids is 2. The zero-order chi connectivity index (χ0) is 14.8. The van der Waals surface area contributed by atoms with Gasteiger partial charge in [0.25, 0.3) is 0 Å². The van der Waals surface area contributed by atoms with Crippen molar-refractivity contribution < 1.29 is 14.3 Å². The molecule has 116 valence electrons. The quantitative estimate of drug-likeness (QED) is 0.550. The minimum Gasteiger partial charge on any atom is -0.464 e. The predicted molar refractivity (Wildman–Crippen MR) is 78.3 cm³/mol. The minimum atomic E-state index is -0.522. The maximum atomic E-state index is 12.0. The van der Waals surface area contributed by atoms with E-state index in [1.807, 2.05) is 0 Å². The summed E-state index contributed by atoms with van der Waals surface area (Å²) in [6.07, 6.45) is 9.47. The van der Waals surface area contributed by atoms with E-state index in [0.29, 0.717) is 19.6 Å². The lowest BCUT2D eigenvalue weighted by Crippen LogP contribution is -2.50. The number of carbonyl (C=O) groups is 2. The third-order valence-corrected chi connectivity index (χ3v) is 3.80. The summed E-state index contributed by atoms with van der Waals surface area (Å²) in [6.45, 7) is 3.20. The fourth-order valence-electron chi connectivity index (χ4n) is 2.59. The third kappa shape index (κ3) is 5.80. The number of likely N-dealkylation sites (tertiary alicyclic amines) is 1. The van der Waals surface area contributed by atoms with E-state index in [1.165, 1.54) is 30.6 Å². The molecule has 1 unspecified atom stereocenters. The normalized spacial score (nSPS) is 18.9. The second-order valence-corrected chi connectivity index (χ2v) is 5.48. The Labute approximate surface area is 121 Å². The molecule has 1 atom stereocenters. The molecule has 1 heterocycles. The zero-order valence-electron chi connectivity index (χ0n) is 12.6. The number of primary amides is 1. The van der Waals surface area contributed by atoms with Crippen LogP contribution < -0.4 is 5.73 Å². The van der Waals surface area contributed by atoms with Crippen LogP contribution in [0.25, 0.3) is 0 Å². The molecule has 0 aliphatic carbocycles. The first-order valence-corrected chi connectivity index (χ1v) is 7.89. The van der Waals surface area contributed by atoms with Crippen molar-refractivity contribution in [2.24, 2.45) is 5.73 Å². The topological polar surface area (TPSA) is 72.6 Å². The van der Waals surface area contributed by atoms with Gasteiger partial charge < -0.3 is 15.4 Å². The van der Waals surface area contributed by atoms with Gasteiger partial charge in [-0.1, -0.05) is 39.0 Å². The first kappa shape index (κ1) is 16.8. The number of unbranched alkanes of at least 4 members (excludes halogenated alkanes) is 5. The van der Waals surface area contributed by atoms with Crippen LogP contribution in [0, 0.1) is 0 Å². The number of rotatable bonds is 8. The van der Waals surface area contributed by atoms with Gasteiger partial charge in [0, 0.05) is 6.54 Å². The molecule has 0 aromatic rings. The fraction of sp³-hybridized carbons (Fsp3) is 0.867. The van der Waals surface area contributed by atoms with E-state index in [-0.39, 0.29) is 5.97 Å². The van der Waals surface area contributed by atoms with Crippen LogP contribution in [0.2, 0.25) is 0 Å². The van der Waals surface area contributed by atoms with Gasteiger partial charge in [-0.05, 0) is 25.7 Å². The highest BCUT2D eigenvalue weighted by molar-refractivity contribution is 5.83. The Hall–Kier alpha value is -1.26. The van der Waals surface area contributed by atoms with Gasteiger partial charge in [-0.2, -0.15) is 0 Å². The lowest BCUT2D eigenvalue weighted by Gasteiger charge is -2.32. The summed E-state index contributed by atoms with van der Waals surface area (Å²) in [4.78, 5) is 24.7. The molecule has 5 nitrogen and oxygen atoms in total. The second-order valence-electron chi connectivity index (χ2n) is 5.48. The Kier molecular flexibility index (Phi) is 8.07. The number of piperidine rings is 1. The van der Waals surface area contributed by atoms with Crippen LogP contribution in [-0.4, -0.2) is 36.1 Å². The summed E-state index contributed by atoms with van der Waals surface area (Å²) in [5.74, 6) is -0.294. The molecular formula is C15H28N2O3. The van der Waals surface area contributed by atoms with Gasteiger partial charge in [0.2, 0.25) is 0 Å². The number of nitrogens with two attached hydrogens (primary N) is 1. The van der Waals surface area contributed by atoms with Crippen LogP contribution in [0.5, 0.6) is 0 Å². The van der Waals surface area contributed by atoms with Crippen LogP contribution in [0.1, 0.15) is 64.7 Å². The number of ether oxygens (including phenoxy) is 1. The van der Waals surface area contributed by atoms with Crippen molar-refractivity contribution in [3.8, 4) is 0 Å². The molecule has 1 rings (SSSR count). The first-order chi connectivity index (χ1) is 9.66. The van der Waals surface area contributed by atoms with Gasteiger partial charge in [0.05, 0.1) is 6.61 Å². The molecule has 2 amide bonds. The van der Waals surface area contributed by atoms with Gasteiger partial charge in [0.15, 0.2) is 0 Å². The summed E-state index contributed by atoms with van der Waals surface area (Å²) < 4.78 is 5.28. The molecule has 20 heavy (non-hydrogen) atoms. The van der Waals surface area contributed by atoms with E-state index in [9.17, 15) is 9.59 Å². The number of esters is 1. The van der Waals surface area contributed by atoms with Crippen molar-refractivity contribution in [1.82, 2.24) is 4.90 Å². The van der Waals surface area contributed by atoms with Gasteiger partial charge in [0.1, 0.15) is 6.04 Å². The Morgan fingerprint density at radius 2 is 1.85 bits per heavy atom. The van der Waals surface area contributed by atoms with Gasteiger partial charge >= 0.3 is 12.0 Å². The molecule has 2 N–H and O–H groups in total. The van der Waals surface area contributed by atoms with Gasteiger partial charge in [-0.15, -0.1) is 0 Å². The van der Waals surface area contributed by atoms with E-state index < -0.39 is 12.1 Å². The molecule has 0 spiro atoms. The standard InChI is InChI=1S/C15H28N2O3/c1-2-3-4-5-6-9-12-20-14(18)13-10-7-8-11-17(13)15(16)19/h13H,2-12H2,1H3,(H2,16,19). The summed E-state index contributed by atoms with van der Waals surface area (Å²) in [6, 6.07) is -0.993. The summed E-state index contributed by atoms with van der Waals surface area (Å²) in [7, 11) is 0. The predicted octanol–water partition coefficient (Wildman–Crippen LogP) is 2.82. The summed E-state index contributed by atoms with van der Waals surface area (Å²) >= 11 is 0. The molecule has 0 aromatic heterocycles. The first-order valence-electron chi connectivity index (χ1n) is 7.89. The third-order valence-electron chi connectivity index (χ3n) is 3.80. The zero-order valence-corrected chi connectivity index (χ0v) is 12.6. The van der Waals surface area contributed by atoms with Crippen molar-refractivity contribution in [1.29, 1.82) is 0 Å². The van der Waals surface area contributed by atoms with E-state index in [2.05, 4.69) is 6.92 Å². The SMILES string of the molecule is CCCCCCCCOC(=O)C1CCCCN1C(N)=O. The number of urea groups is 1. The highest BCUT2D eigenvalue weighted by atomic mass is 16.5. The van der Waals surface area contributed by atoms with Crippen LogP contribution in [0.4, 0.5) is 4.79 Å². The van der Waals surface area contributed by atoms with E-state index in [1.54, 1.807) is 0 Å². The van der Waals surface area contributed by atoms with Crippen molar-refractivity contribution in [2.75, 3.05) is 13.2 Å². The summed E-state index contributed by atoms with van der Waals surface area (Å²) in [5, 5.41) is 0. The lowest BCUT2D eigenvalue weighted by atomic mass is 10.0. The van der Waals surface area contributed by atoms with E-state index >= 15 is 0 Å². The van der Waals surface area contributed by atoms with Gasteiger partial charge in [-0.3, -0.25) is 0 Å².